The average Bonchev–Trinajstić information content (AvgIpc) is 3.52. The van der Waals surface area contributed by atoms with Crippen LogP contribution in [-0.2, 0) is 0 Å². The molecule has 0 aliphatic carbocycles. The summed E-state index contributed by atoms with van der Waals surface area (Å²) < 4.78 is 48.2. The SMILES string of the molecule is C=C(F)C(=C)C=C(C)C.CC.CCN.CNC.Cc1cc2c(F)c(Oc3ncnc(Nc4ccc(N5CCN(C)CC5)c(F)c4)c3C(=O)N(C)C)ccc2[nH]1. The maximum absolute atomic E-state index is 15.2. The van der Waals surface area contributed by atoms with Gasteiger partial charge in [-0.15, -0.1) is 0 Å². The van der Waals surface area contributed by atoms with E-state index in [1.807, 2.05) is 67.6 Å². The predicted octanol–water partition coefficient (Wildman–Crippen LogP) is 8.35. The van der Waals surface area contributed by atoms with Crippen LogP contribution in [0.4, 0.5) is 30.4 Å². The second-order valence-electron chi connectivity index (χ2n) is 12.6. The number of aromatic nitrogens is 3. The highest BCUT2D eigenvalue weighted by atomic mass is 19.1. The molecule has 1 aliphatic heterocycles. The maximum Gasteiger partial charge on any atom is 0.262 e. The van der Waals surface area contributed by atoms with E-state index in [0.29, 0.717) is 27.9 Å². The summed E-state index contributed by atoms with van der Waals surface area (Å²) in [6.07, 6.45) is 2.86. The number of ether oxygens (including phenoxy) is 1. The molecule has 3 heterocycles. The van der Waals surface area contributed by atoms with Crippen LogP contribution in [0.2, 0.25) is 0 Å². The number of allylic oxidation sites excluding steroid dienone is 4. The minimum atomic E-state index is -0.579. The number of carbonyl (C=O) groups is 1. The van der Waals surface area contributed by atoms with Gasteiger partial charge >= 0.3 is 0 Å². The number of rotatable bonds is 8. The van der Waals surface area contributed by atoms with Gasteiger partial charge in [-0.3, -0.25) is 4.79 Å². The molecule has 5 N–H and O–H groups in total. The predicted molar refractivity (Wildman–Crippen MR) is 222 cm³/mol. The van der Waals surface area contributed by atoms with Gasteiger partial charge in [-0.1, -0.05) is 45.6 Å². The summed E-state index contributed by atoms with van der Waals surface area (Å²) in [6.45, 7) is 22.0. The van der Waals surface area contributed by atoms with E-state index in [-0.39, 0.29) is 28.8 Å². The fourth-order valence-corrected chi connectivity index (χ4v) is 4.88. The number of aryl methyl sites for hydroxylation is 1. The van der Waals surface area contributed by atoms with Crippen molar-refractivity contribution in [3.63, 3.8) is 0 Å². The summed E-state index contributed by atoms with van der Waals surface area (Å²) in [5, 5.41) is 6.13. The second kappa shape index (κ2) is 24.3. The van der Waals surface area contributed by atoms with Crippen LogP contribution in [0.25, 0.3) is 10.9 Å². The number of aromatic amines is 1. The quantitative estimate of drug-likeness (QED) is 0.131. The second-order valence-corrected chi connectivity index (χ2v) is 12.6. The van der Waals surface area contributed by atoms with Crippen molar-refractivity contribution in [1.82, 2.24) is 30.1 Å². The molecule has 11 nitrogen and oxygen atoms in total. The number of nitrogens with one attached hydrogen (secondary N) is 3. The molecule has 1 aliphatic rings. The van der Waals surface area contributed by atoms with Crippen molar-refractivity contribution in [3.8, 4) is 11.6 Å². The van der Waals surface area contributed by atoms with Gasteiger partial charge in [0.05, 0.1) is 5.69 Å². The topological polar surface area (TPSA) is 128 Å². The lowest BCUT2D eigenvalue weighted by atomic mass is 10.2. The van der Waals surface area contributed by atoms with Gasteiger partial charge in [-0.2, -0.15) is 0 Å². The van der Waals surface area contributed by atoms with Gasteiger partial charge in [0.2, 0.25) is 5.88 Å². The van der Waals surface area contributed by atoms with E-state index in [4.69, 9.17) is 10.5 Å². The highest BCUT2D eigenvalue weighted by Crippen LogP contribution is 2.34. The van der Waals surface area contributed by atoms with Crippen LogP contribution in [0, 0.1) is 18.6 Å². The number of hydrogen-bond acceptors (Lipinski definition) is 9. The first-order valence-electron chi connectivity index (χ1n) is 18.1. The van der Waals surface area contributed by atoms with Crippen LogP contribution >= 0.6 is 0 Å². The minimum absolute atomic E-state index is 0.00852. The van der Waals surface area contributed by atoms with E-state index in [9.17, 15) is 9.18 Å². The summed E-state index contributed by atoms with van der Waals surface area (Å²) in [6, 6.07) is 9.64. The first-order chi connectivity index (χ1) is 26.1. The molecule has 0 atom stereocenters. The lowest BCUT2D eigenvalue weighted by Crippen LogP contribution is -2.44. The summed E-state index contributed by atoms with van der Waals surface area (Å²) >= 11 is 0. The number of carbonyl (C=O) groups excluding carboxylic acids is 1. The van der Waals surface area contributed by atoms with E-state index in [0.717, 1.165) is 44.0 Å². The highest BCUT2D eigenvalue weighted by molar-refractivity contribution is 6.01. The number of amides is 1. The molecule has 2 aromatic carbocycles. The molecule has 55 heavy (non-hydrogen) atoms. The van der Waals surface area contributed by atoms with Gasteiger partial charge < -0.3 is 40.8 Å². The molecular formula is C41H60F3N9O2. The van der Waals surface area contributed by atoms with Crippen LogP contribution in [0.1, 0.15) is 50.7 Å². The zero-order valence-corrected chi connectivity index (χ0v) is 34.3. The Morgan fingerprint density at radius 1 is 1.05 bits per heavy atom. The molecule has 14 heteroatoms. The monoisotopic (exact) mass is 767 g/mol. The van der Waals surface area contributed by atoms with Crippen molar-refractivity contribution < 1.29 is 22.7 Å². The van der Waals surface area contributed by atoms with Gasteiger partial charge in [0, 0.05) is 68.1 Å². The van der Waals surface area contributed by atoms with Gasteiger partial charge in [0.15, 0.2) is 17.4 Å². The Balaban J connectivity index is 0.000000754. The number of halogens is 3. The molecule has 302 valence electrons. The number of nitrogens with two attached hydrogens (primary N) is 1. The Kier molecular flexibility index (Phi) is 21.1. The summed E-state index contributed by atoms with van der Waals surface area (Å²) in [5.41, 5.74) is 8.57. The lowest BCUT2D eigenvalue weighted by Gasteiger charge is -2.34. The Labute approximate surface area is 325 Å². The molecule has 0 radical (unpaired) electrons. The molecular weight excluding hydrogens is 708 g/mol. The fourth-order valence-electron chi connectivity index (χ4n) is 4.88. The number of benzene rings is 2. The smallest absolute Gasteiger partial charge is 0.262 e. The number of fused-ring (bicyclic) bond motifs is 1. The molecule has 0 bridgehead atoms. The molecule has 0 spiro atoms. The van der Waals surface area contributed by atoms with Crippen molar-refractivity contribution in [1.29, 1.82) is 0 Å². The fraction of sp³-hybridized carbons (Fsp3) is 0.390. The number of hydrogen-bond donors (Lipinski definition) is 4. The van der Waals surface area contributed by atoms with Crippen LogP contribution in [-0.4, -0.2) is 98.6 Å². The van der Waals surface area contributed by atoms with Crippen molar-refractivity contribution >= 4 is 34.0 Å². The van der Waals surface area contributed by atoms with Crippen LogP contribution < -0.4 is 26.0 Å². The van der Waals surface area contributed by atoms with Crippen molar-refractivity contribution in [2.75, 3.05) is 78.2 Å². The third kappa shape index (κ3) is 14.9. The van der Waals surface area contributed by atoms with E-state index >= 15 is 8.78 Å². The van der Waals surface area contributed by atoms with Crippen molar-refractivity contribution in [3.05, 3.63) is 102 Å². The van der Waals surface area contributed by atoms with Crippen LogP contribution in [0.15, 0.2) is 78.9 Å². The molecule has 1 fully saturated rings. The maximum atomic E-state index is 15.2. The van der Waals surface area contributed by atoms with Crippen molar-refractivity contribution in [2.24, 2.45) is 5.73 Å². The molecule has 5 rings (SSSR count). The summed E-state index contributed by atoms with van der Waals surface area (Å²) in [7, 11) is 8.94. The van der Waals surface area contributed by atoms with E-state index in [2.05, 4.69) is 43.6 Å². The third-order valence-corrected chi connectivity index (χ3v) is 7.34. The third-order valence-electron chi connectivity index (χ3n) is 7.34. The zero-order chi connectivity index (χ0) is 41.8. The van der Waals surface area contributed by atoms with E-state index < -0.39 is 17.6 Å². The number of likely N-dealkylation sites (N-methyl/N-ethyl adjacent to an activating group) is 1. The molecule has 2 aromatic heterocycles. The first-order valence-corrected chi connectivity index (χ1v) is 18.1. The Hall–Kier alpha value is -5.18. The average molecular weight is 768 g/mol. The first kappa shape index (κ1) is 47.8. The number of H-pyrrole nitrogens is 1. The van der Waals surface area contributed by atoms with E-state index in [1.54, 1.807) is 44.4 Å². The van der Waals surface area contributed by atoms with Crippen LogP contribution in [0.5, 0.6) is 11.6 Å². The van der Waals surface area contributed by atoms with E-state index in [1.165, 1.54) is 23.4 Å². The molecule has 4 aromatic rings. The number of nitrogens with zero attached hydrogens (tertiary/aromatic N) is 5. The molecule has 1 amide bonds. The van der Waals surface area contributed by atoms with Crippen LogP contribution in [0.3, 0.4) is 0 Å². The Morgan fingerprint density at radius 2 is 1.65 bits per heavy atom. The number of anilines is 3. The largest absolute Gasteiger partial charge is 0.435 e. The van der Waals surface area contributed by atoms with Gasteiger partial charge in [0.1, 0.15) is 23.5 Å². The lowest BCUT2D eigenvalue weighted by molar-refractivity contribution is 0.0824. The Bertz CT molecular complexity index is 1860. The van der Waals surface area contributed by atoms with Gasteiger partial charge in [-0.25, -0.2) is 23.1 Å². The highest BCUT2D eigenvalue weighted by Gasteiger charge is 2.25. The molecule has 0 unspecified atom stereocenters. The number of piperazine rings is 1. The van der Waals surface area contributed by atoms with Crippen molar-refractivity contribution in [2.45, 2.75) is 41.5 Å². The Morgan fingerprint density at radius 3 is 2.16 bits per heavy atom. The zero-order valence-electron chi connectivity index (χ0n) is 34.3. The summed E-state index contributed by atoms with van der Waals surface area (Å²) in [5.74, 6) is -1.99. The standard InChI is InChI=1S/C27H29F2N7O2.C8H11F.2C2H7N.C2H6/c1-16-13-18-20(32-16)6-8-22(24(18)29)38-26-23(27(37)34(2)3)25(30-15-31-26)33-17-5-7-21(19(28)14-17)36-11-9-35(4)10-12-36;1-6(2)5-7(3)8(4)9;1-3-2;1-2-3;1-2/h5-8,13-15,32H,9-12H2,1-4H3,(H,30,31,33);5H,3-4H2,1-2H3;3H,1-2H3;2-3H2,1H3;1-2H3. The normalized spacial score (nSPS) is 11.9. The minimum Gasteiger partial charge on any atom is -0.435 e. The molecule has 1 saturated heterocycles. The summed E-state index contributed by atoms with van der Waals surface area (Å²) in [4.78, 5) is 30.1. The van der Waals surface area contributed by atoms with Gasteiger partial charge in [0.25, 0.3) is 5.91 Å². The van der Waals surface area contributed by atoms with Gasteiger partial charge in [-0.05, 0) is 84.9 Å². The molecule has 0 saturated carbocycles.